The van der Waals surface area contributed by atoms with Crippen LogP contribution in [0.15, 0.2) is 77.7 Å². The first kappa shape index (κ1) is 31.0. The Balaban J connectivity index is 1.47. The van der Waals surface area contributed by atoms with Gasteiger partial charge in [-0.05, 0) is 66.1 Å². The van der Waals surface area contributed by atoms with Crippen molar-refractivity contribution in [2.45, 2.75) is 42.9 Å². The van der Waals surface area contributed by atoms with E-state index >= 15 is 0 Å². The summed E-state index contributed by atoms with van der Waals surface area (Å²) in [6, 6.07) is 17.4. The molecule has 0 spiro atoms. The molecule has 0 saturated carbocycles. The third kappa shape index (κ3) is 6.93. The summed E-state index contributed by atoms with van der Waals surface area (Å²) in [5.74, 6) is -0.827. The van der Waals surface area contributed by atoms with Gasteiger partial charge in [0.2, 0.25) is 0 Å². The second-order valence-electron chi connectivity index (χ2n) is 10.0. The highest BCUT2D eigenvalue weighted by atomic mass is 32.2. The van der Waals surface area contributed by atoms with E-state index < -0.39 is 27.6 Å². The zero-order valence-corrected chi connectivity index (χ0v) is 24.2. The fourth-order valence-electron chi connectivity index (χ4n) is 4.91. The Bertz CT molecular complexity index is 1510. The number of alkyl halides is 3. The first-order valence-corrected chi connectivity index (χ1v) is 14.9. The van der Waals surface area contributed by atoms with Gasteiger partial charge in [0, 0.05) is 37.3 Å². The van der Waals surface area contributed by atoms with Crippen LogP contribution < -0.4 is 10.2 Å². The van der Waals surface area contributed by atoms with E-state index in [1.165, 1.54) is 38.4 Å². The second-order valence-corrected chi connectivity index (χ2v) is 12.3. The van der Waals surface area contributed by atoms with Crippen molar-refractivity contribution in [3.8, 4) is 0 Å². The van der Waals surface area contributed by atoms with E-state index in [9.17, 15) is 31.2 Å². The number of benzene rings is 3. The average molecular weight is 604 g/mol. The van der Waals surface area contributed by atoms with Crippen LogP contribution in [0.1, 0.15) is 46.3 Å². The molecule has 0 bridgehead atoms. The van der Waals surface area contributed by atoms with Crippen molar-refractivity contribution < 1.29 is 36.0 Å². The third-order valence-corrected chi connectivity index (χ3v) is 9.21. The number of nitrogens with zero attached hydrogens (tertiary/aromatic N) is 2. The maximum atomic E-state index is 13.1. The minimum absolute atomic E-state index is 0.00417. The first-order chi connectivity index (χ1) is 19.8. The van der Waals surface area contributed by atoms with E-state index in [1.807, 2.05) is 4.90 Å². The average Bonchev–Trinajstić information content (AvgIpc) is 3.44. The van der Waals surface area contributed by atoms with Gasteiger partial charge in [0.1, 0.15) is 6.04 Å². The smallest absolute Gasteiger partial charge is 0.359 e. The van der Waals surface area contributed by atoms with Crippen molar-refractivity contribution in [2.75, 3.05) is 31.4 Å². The van der Waals surface area contributed by atoms with Crippen LogP contribution in [-0.4, -0.2) is 57.8 Å². The molecule has 2 amide bonds. The van der Waals surface area contributed by atoms with Gasteiger partial charge >= 0.3 is 6.18 Å². The molecule has 42 heavy (non-hydrogen) atoms. The zero-order valence-electron chi connectivity index (χ0n) is 23.4. The highest BCUT2D eigenvalue weighted by molar-refractivity contribution is 7.91. The molecule has 0 aliphatic carbocycles. The molecule has 3 aromatic carbocycles. The van der Waals surface area contributed by atoms with Crippen molar-refractivity contribution >= 4 is 27.3 Å². The van der Waals surface area contributed by atoms with Gasteiger partial charge in [0.25, 0.3) is 11.8 Å². The topological polar surface area (TPSA) is 96.0 Å². The van der Waals surface area contributed by atoms with Crippen molar-refractivity contribution in [2.24, 2.45) is 0 Å². The van der Waals surface area contributed by atoms with Gasteiger partial charge in [-0.15, -0.1) is 0 Å². The molecule has 1 heterocycles. The standard InChI is InChI=1S/C30H32F3N3O5S/c1-4-42(39,40)26-15-5-20(6-16-26)18-34-28(37)22-9-13-25(14-10-22)36-19-23(17-27(36)29(38)35(2)41-3)21-7-11-24(12-8-21)30(31,32)33/h5-16,23,27H,4,17-19H2,1-3H3,(H,34,37)/t23?,27-/m0/s1. The normalized spacial score (nSPS) is 17.2. The maximum absolute atomic E-state index is 13.1. The van der Waals surface area contributed by atoms with Gasteiger partial charge in [-0.2, -0.15) is 13.2 Å². The molecule has 1 aliphatic rings. The molecule has 0 aromatic heterocycles. The van der Waals surface area contributed by atoms with Gasteiger partial charge in [-0.25, -0.2) is 13.5 Å². The number of hydroxylamine groups is 2. The number of hydrogen-bond acceptors (Lipinski definition) is 6. The number of nitrogens with one attached hydrogen (secondary N) is 1. The molecule has 1 aliphatic heterocycles. The molecule has 0 radical (unpaired) electrons. The van der Waals surface area contributed by atoms with Crippen LogP contribution in [0.25, 0.3) is 0 Å². The summed E-state index contributed by atoms with van der Waals surface area (Å²) in [7, 11) is -0.436. The summed E-state index contributed by atoms with van der Waals surface area (Å²) in [5.41, 5.74) is 1.77. The minimum Gasteiger partial charge on any atom is -0.359 e. The molecule has 3 aromatic rings. The highest BCUT2D eigenvalue weighted by Gasteiger charge is 2.39. The van der Waals surface area contributed by atoms with Gasteiger partial charge in [0.15, 0.2) is 9.84 Å². The Morgan fingerprint density at radius 2 is 1.62 bits per heavy atom. The van der Waals surface area contributed by atoms with Gasteiger partial charge < -0.3 is 10.2 Å². The van der Waals surface area contributed by atoms with E-state index in [-0.39, 0.29) is 34.9 Å². The summed E-state index contributed by atoms with van der Waals surface area (Å²) in [4.78, 5) is 33.1. The quantitative estimate of drug-likeness (QED) is 0.353. The van der Waals surface area contributed by atoms with Crippen molar-refractivity contribution in [1.82, 2.24) is 10.4 Å². The van der Waals surface area contributed by atoms with Crippen LogP contribution in [0.2, 0.25) is 0 Å². The third-order valence-electron chi connectivity index (χ3n) is 7.46. The van der Waals surface area contributed by atoms with Crippen LogP contribution in [0.5, 0.6) is 0 Å². The monoisotopic (exact) mass is 603 g/mol. The molecule has 4 rings (SSSR count). The Labute approximate surface area is 243 Å². The Hall–Kier alpha value is -3.90. The van der Waals surface area contributed by atoms with Crippen molar-refractivity contribution in [3.05, 3.63) is 95.1 Å². The molecule has 12 heteroatoms. The molecule has 1 unspecified atom stereocenters. The lowest BCUT2D eigenvalue weighted by Crippen LogP contribution is -2.43. The van der Waals surface area contributed by atoms with E-state index in [1.54, 1.807) is 43.3 Å². The van der Waals surface area contributed by atoms with Gasteiger partial charge in [-0.3, -0.25) is 14.4 Å². The Kier molecular flexibility index (Phi) is 9.27. The first-order valence-electron chi connectivity index (χ1n) is 13.3. The fraction of sp³-hybridized carbons (Fsp3) is 0.333. The zero-order chi connectivity index (χ0) is 30.7. The van der Waals surface area contributed by atoms with Crippen LogP contribution >= 0.6 is 0 Å². The summed E-state index contributed by atoms with van der Waals surface area (Å²) in [6.45, 7) is 2.16. The number of likely N-dealkylation sites (N-methyl/N-ethyl adjacent to an activating group) is 1. The molecule has 8 nitrogen and oxygen atoms in total. The second kappa shape index (κ2) is 12.5. The SMILES string of the molecule is CCS(=O)(=O)c1ccc(CNC(=O)c2ccc(N3CC(c4ccc(C(F)(F)F)cc4)C[C@H]3C(=O)N(C)OC)cc2)cc1. The lowest BCUT2D eigenvalue weighted by atomic mass is 9.95. The van der Waals surface area contributed by atoms with Gasteiger partial charge in [-0.1, -0.05) is 31.2 Å². The van der Waals surface area contributed by atoms with E-state index in [2.05, 4.69) is 5.32 Å². The lowest BCUT2D eigenvalue weighted by molar-refractivity contribution is -0.170. The Morgan fingerprint density at radius 3 is 2.17 bits per heavy atom. The number of rotatable bonds is 9. The molecular formula is C30H32F3N3O5S. The predicted octanol–water partition coefficient (Wildman–Crippen LogP) is 4.81. The summed E-state index contributed by atoms with van der Waals surface area (Å²) in [5, 5.41) is 3.93. The number of sulfone groups is 1. The van der Waals surface area contributed by atoms with E-state index in [0.717, 1.165) is 22.8 Å². The maximum Gasteiger partial charge on any atom is 0.416 e. The molecule has 224 valence electrons. The van der Waals surface area contributed by atoms with Crippen LogP contribution in [-0.2, 0) is 32.2 Å². The number of anilines is 1. The largest absolute Gasteiger partial charge is 0.416 e. The lowest BCUT2D eigenvalue weighted by Gasteiger charge is -2.28. The number of carbonyl (C=O) groups is 2. The Morgan fingerprint density at radius 1 is 1.00 bits per heavy atom. The molecule has 1 N–H and O–H groups in total. The van der Waals surface area contributed by atoms with Crippen molar-refractivity contribution in [1.29, 1.82) is 0 Å². The van der Waals surface area contributed by atoms with Crippen LogP contribution in [0.3, 0.4) is 0 Å². The molecule has 1 saturated heterocycles. The summed E-state index contributed by atoms with van der Waals surface area (Å²) in [6.07, 6.45) is -4.06. The number of amides is 2. The van der Waals surface area contributed by atoms with Crippen LogP contribution in [0.4, 0.5) is 18.9 Å². The van der Waals surface area contributed by atoms with Gasteiger partial charge in [0.05, 0.1) is 23.3 Å². The van der Waals surface area contributed by atoms with Crippen molar-refractivity contribution in [3.63, 3.8) is 0 Å². The van der Waals surface area contributed by atoms with E-state index in [0.29, 0.717) is 29.8 Å². The minimum atomic E-state index is -4.43. The van der Waals surface area contributed by atoms with Crippen LogP contribution in [0, 0.1) is 0 Å². The molecular weight excluding hydrogens is 571 g/mol. The number of halogens is 3. The molecule has 2 atom stereocenters. The summed E-state index contributed by atoms with van der Waals surface area (Å²) < 4.78 is 63.1. The number of carbonyl (C=O) groups excluding carboxylic acids is 2. The molecule has 1 fully saturated rings. The summed E-state index contributed by atoms with van der Waals surface area (Å²) >= 11 is 0. The predicted molar refractivity (Wildman–Crippen MR) is 151 cm³/mol. The van der Waals surface area contributed by atoms with E-state index in [4.69, 9.17) is 4.84 Å². The number of hydrogen-bond donors (Lipinski definition) is 1. The highest BCUT2D eigenvalue weighted by Crippen LogP contribution is 2.37. The fourth-order valence-corrected chi connectivity index (χ4v) is 5.80.